The van der Waals surface area contributed by atoms with E-state index >= 15 is 0 Å². The average Bonchev–Trinajstić information content (AvgIpc) is 2.63. The van der Waals surface area contributed by atoms with Gasteiger partial charge in [0.25, 0.3) is 5.69 Å². The molecule has 2 fully saturated rings. The number of ether oxygens (including phenoxy) is 1. The molecule has 0 saturated carbocycles. The third kappa shape index (κ3) is 3.42. The zero-order valence-corrected chi connectivity index (χ0v) is 13.9. The Kier molecular flexibility index (Phi) is 5.11. The third-order valence-electron chi connectivity index (χ3n) is 5.02. The summed E-state index contributed by atoms with van der Waals surface area (Å²) in [5.41, 5.74) is -0.00676. The van der Waals surface area contributed by atoms with Crippen molar-refractivity contribution in [3.05, 3.63) is 34.4 Å². The Labute approximate surface area is 141 Å². The summed E-state index contributed by atoms with van der Waals surface area (Å²) in [6, 6.07) is 5.72. The lowest BCUT2D eigenvalue weighted by Crippen LogP contribution is -2.67. The highest BCUT2D eigenvalue weighted by Gasteiger charge is 2.47. The SMILES string of the molecule is O=C(Oc1ccc([N+](=O)[O-])cc1)[N+]1(N2CCCCC2)CCCCC1. The van der Waals surface area contributed by atoms with Crippen molar-refractivity contribution >= 4 is 11.8 Å². The molecule has 130 valence electrons. The van der Waals surface area contributed by atoms with Crippen molar-refractivity contribution in [1.29, 1.82) is 0 Å². The molecule has 2 aliphatic rings. The normalized spacial score (nSPS) is 21.2. The van der Waals surface area contributed by atoms with Crippen LogP contribution in [0, 0.1) is 10.1 Å². The predicted octanol–water partition coefficient (Wildman–Crippen LogP) is 3.50. The third-order valence-corrected chi connectivity index (χ3v) is 5.02. The van der Waals surface area contributed by atoms with E-state index in [1.54, 1.807) is 0 Å². The van der Waals surface area contributed by atoms with Crippen molar-refractivity contribution in [1.82, 2.24) is 5.01 Å². The van der Waals surface area contributed by atoms with Gasteiger partial charge in [0.1, 0.15) is 18.8 Å². The fourth-order valence-electron chi connectivity index (χ4n) is 3.70. The number of hydrogen-bond donors (Lipinski definition) is 0. The largest absolute Gasteiger partial charge is 0.541 e. The van der Waals surface area contributed by atoms with E-state index in [1.807, 2.05) is 0 Å². The molecule has 2 heterocycles. The summed E-state index contributed by atoms with van der Waals surface area (Å²) >= 11 is 0. The number of nitrogens with zero attached hydrogens (tertiary/aromatic N) is 3. The first kappa shape index (κ1) is 16.9. The van der Waals surface area contributed by atoms with Gasteiger partial charge in [-0.25, -0.2) is 0 Å². The number of likely N-dealkylation sites (tertiary alicyclic amines) is 1. The van der Waals surface area contributed by atoms with E-state index in [9.17, 15) is 14.9 Å². The van der Waals surface area contributed by atoms with Crippen LogP contribution in [0.5, 0.6) is 5.75 Å². The van der Waals surface area contributed by atoms with Gasteiger partial charge in [-0.15, -0.1) is 9.60 Å². The van der Waals surface area contributed by atoms with Crippen LogP contribution in [-0.2, 0) is 0 Å². The highest BCUT2D eigenvalue weighted by Crippen LogP contribution is 2.28. The molecule has 1 amide bonds. The quantitative estimate of drug-likeness (QED) is 0.480. The molecule has 24 heavy (non-hydrogen) atoms. The number of hydrogen-bond acceptors (Lipinski definition) is 5. The van der Waals surface area contributed by atoms with E-state index in [1.165, 1.54) is 30.7 Å². The second-order valence-electron chi connectivity index (χ2n) is 6.56. The molecule has 0 aliphatic carbocycles. The van der Waals surface area contributed by atoms with Gasteiger partial charge >= 0.3 is 6.09 Å². The van der Waals surface area contributed by atoms with E-state index in [4.69, 9.17) is 4.74 Å². The first-order valence-corrected chi connectivity index (χ1v) is 8.71. The molecule has 7 heteroatoms. The molecular formula is C17H24N3O4+. The van der Waals surface area contributed by atoms with E-state index in [2.05, 4.69) is 5.01 Å². The molecule has 1 aromatic carbocycles. The van der Waals surface area contributed by atoms with Crippen LogP contribution in [0.4, 0.5) is 10.5 Å². The van der Waals surface area contributed by atoms with E-state index in [-0.39, 0.29) is 16.4 Å². The molecule has 0 N–H and O–H groups in total. The van der Waals surface area contributed by atoms with Crippen LogP contribution in [0.2, 0.25) is 0 Å². The predicted molar refractivity (Wildman–Crippen MR) is 88.4 cm³/mol. The Morgan fingerprint density at radius 3 is 2.17 bits per heavy atom. The Hall–Kier alpha value is -1.99. The first-order chi connectivity index (χ1) is 11.6. The molecular weight excluding hydrogens is 310 g/mol. The zero-order valence-electron chi connectivity index (χ0n) is 13.9. The van der Waals surface area contributed by atoms with Crippen molar-refractivity contribution in [2.24, 2.45) is 0 Å². The number of carbonyl (C=O) groups is 1. The van der Waals surface area contributed by atoms with Gasteiger partial charge in [-0.05, 0) is 44.2 Å². The van der Waals surface area contributed by atoms with Gasteiger partial charge in [0.05, 0.1) is 4.92 Å². The molecule has 0 spiro atoms. The Morgan fingerprint density at radius 2 is 1.58 bits per heavy atom. The van der Waals surface area contributed by atoms with Gasteiger partial charge in [0.2, 0.25) is 0 Å². The molecule has 0 unspecified atom stereocenters. The molecule has 7 nitrogen and oxygen atoms in total. The maximum atomic E-state index is 13.0. The van der Waals surface area contributed by atoms with Crippen LogP contribution in [0.3, 0.4) is 0 Å². The van der Waals surface area contributed by atoms with Crippen molar-refractivity contribution in [2.45, 2.75) is 38.5 Å². The van der Waals surface area contributed by atoms with Crippen LogP contribution in [0.15, 0.2) is 24.3 Å². The molecule has 2 aliphatic heterocycles. The first-order valence-electron chi connectivity index (χ1n) is 8.71. The Morgan fingerprint density at radius 1 is 1.00 bits per heavy atom. The molecule has 0 bridgehead atoms. The van der Waals surface area contributed by atoms with Gasteiger partial charge in [0.15, 0.2) is 0 Å². The smallest absolute Gasteiger partial charge is 0.379 e. The van der Waals surface area contributed by atoms with Crippen molar-refractivity contribution in [2.75, 3.05) is 26.2 Å². The second kappa shape index (κ2) is 7.27. The minimum atomic E-state index is -0.460. The van der Waals surface area contributed by atoms with Crippen LogP contribution in [-0.4, -0.2) is 46.8 Å². The van der Waals surface area contributed by atoms with Gasteiger partial charge in [-0.1, -0.05) is 6.42 Å². The standard InChI is InChI=1S/C17H24N3O4/c21-17(24-16-9-7-15(8-10-16)19(22)23)20(13-5-2-6-14-20)18-11-3-1-4-12-18/h7-10H,1-6,11-14H2/q+1. The van der Waals surface area contributed by atoms with Crippen molar-refractivity contribution in [3.63, 3.8) is 0 Å². The van der Waals surface area contributed by atoms with E-state index < -0.39 is 4.92 Å². The van der Waals surface area contributed by atoms with Gasteiger partial charge < -0.3 is 4.74 Å². The Balaban J connectivity index is 1.76. The number of quaternary nitrogens is 1. The summed E-state index contributed by atoms with van der Waals surface area (Å²) in [4.78, 5) is 23.2. The minimum absolute atomic E-state index is 0.00676. The highest BCUT2D eigenvalue weighted by molar-refractivity contribution is 5.63. The number of rotatable bonds is 3. The lowest BCUT2D eigenvalue weighted by molar-refractivity contribution is -0.975. The number of non-ortho nitro benzene ring substituents is 1. The summed E-state index contributed by atoms with van der Waals surface area (Å²) in [7, 11) is 0. The van der Waals surface area contributed by atoms with Gasteiger partial charge in [0, 0.05) is 25.2 Å². The Bertz CT molecular complexity index is 590. The number of benzene rings is 1. The number of nitro benzene ring substituents is 1. The monoisotopic (exact) mass is 334 g/mol. The molecule has 0 radical (unpaired) electrons. The second-order valence-corrected chi connectivity index (χ2v) is 6.56. The minimum Gasteiger partial charge on any atom is -0.379 e. The number of amides is 1. The fraction of sp³-hybridized carbons (Fsp3) is 0.588. The maximum Gasteiger partial charge on any atom is 0.541 e. The summed E-state index contributed by atoms with van der Waals surface area (Å²) in [5.74, 6) is 0.366. The van der Waals surface area contributed by atoms with Crippen LogP contribution >= 0.6 is 0 Å². The molecule has 3 rings (SSSR count). The van der Waals surface area contributed by atoms with Crippen LogP contribution in [0.1, 0.15) is 38.5 Å². The molecule has 0 atom stereocenters. The summed E-state index contributed by atoms with van der Waals surface area (Å²) in [5, 5.41) is 13.0. The van der Waals surface area contributed by atoms with Gasteiger partial charge in [-0.3, -0.25) is 10.1 Å². The molecule has 2 saturated heterocycles. The summed E-state index contributed by atoms with van der Waals surface area (Å²) in [6.07, 6.45) is 6.38. The van der Waals surface area contributed by atoms with Crippen molar-refractivity contribution < 1.29 is 19.0 Å². The zero-order chi connectivity index (χ0) is 17.0. The number of piperidine rings is 2. The topological polar surface area (TPSA) is 72.7 Å². The van der Waals surface area contributed by atoms with E-state index in [0.717, 1.165) is 58.3 Å². The molecule has 1 aromatic rings. The summed E-state index contributed by atoms with van der Waals surface area (Å²) in [6.45, 7) is 3.42. The maximum absolute atomic E-state index is 13.0. The van der Waals surface area contributed by atoms with Gasteiger partial charge in [-0.2, -0.15) is 4.79 Å². The highest BCUT2D eigenvalue weighted by atomic mass is 16.6. The fourth-order valence-corrected chi connectivity index (χ4v) is 3.70. The average molecular weight is 334 g/mol. The lowest BCUT2D eigenvalue weighted by Gasteiger charge is -2.45. The van der Waals surface area contributed by atoms with E-state index in [0.29, 0.717) is 5.75 Å². The number of carbonyl (C=O) groups excluding carboxylic acids is 1. The summed E-state index contributed by atoms with van der Waals surface area (Å²) < 4.78 is 5.89. The lowest BCUT2D eigenvalue weighted by atomic mass is 10.1. The molecule has 0 aromatic heterocycles. The van der Waals surface area contributed by atoms with Crippen LogP contribution in [0.25, 0.3) is 0 Å². The number of nitro groups is 1. The van der Waals surface area contributed by atoms with Crippen LogP contribution < -0.4 is 4.74 Å². The van der Waals surface area contributed by atoms with Crippen molar-refractivity contribution in [3.8, 4) is 5.75 Å².